The van der Waals surface area contributed by atoms with Crippen molar-refractivity contribution in [3.05, 3.63) is 29.6 Å². The maximum absolute atomic E-state index is 13.6. The van der Waals surface area contributed by atoms with E-state index in [4.69, 9.17) is 14.3 Å². The fourth-order valence-corrected chi connectivity index (χ4v) is 1.18. The number of hydroxylamine groups is 1. The Bertz CT molecular complexity index is 320. The molecule has 5 heteroatoms. The molecule has 1 N–H and O–H groups in total. The first-order valence-corrected chi connectivity index (χ1v) is 4.94. The largest absolute Gasteiger partial charge is 0.494 e. The van der Waals surface area contributed by atoms with Gasteiger partial charge in [-0.2, -0.15) is 5.48 Å². The molecular weight excluding hydrogens is 213 g/mol. The van der Waals surface area contributed by atoms with Crippen molar-refractivity contribution in [2.24, 2.45) is 0 Å². The Hall–Kier alpha value is -1.17. The van der Waals surface area contributed by atoms with Gasteiger partial charge in [0.2, 0.25) is 0 Å². The summed E-state index contributed by atoms with van der Waals surface area (Å²) in [4.78, 5) is 5.02. The molecule has 0 aliphatic rings. The molecule has 1 rings (SSSR count). The van der Waals surface area contributed by atoms with Crippen LogP contribution in [0.1, 0.15) is 5.56 Å². The zero-order chi connectivity index (χ0) is 11.8. The summed E-state index contributed by atoms with van der Waals surface area (Å²) in [5.74, 6) is -0.135. The summed E-state index contributed by atoms with van der Waals surface area (Å²) in [7, 11) is 3.02. The van der Waals surface area contributed by atoms with Crippen molar-refractivity contribution in [3.63, 3.8) is 0 Å². The van der Waals surface area contributed by atoms with Crippen LogP contribution in [0.15, 0.2) is 18.2 Å². The molecule has 0 unspecified atom stereocenters. The maximum Gasteiger partial charge on any atom is 0.169 e. The lowest BCUT2D eigenvalue weighted by Gasteiger charge is -2.08. The van der Waals surface area contributed by atoms with Gasteiger partial charge in [0.1, 0.15) is 0 Å². The molecule has 0 saturated carbocycles. The van der Waals surface area contributed by atoms with Crippen LogP contribution in [0, 0.1) is 5.82 Å². The van der Waals surface area contributed by atoms with Crippen molar-refractivity contribution in [2.45, 2.75) is 6.54 Å². The number of hydrogen-bond donors (Lipinski definition) is 1. The molecule has 0 bridgehead atoms. The molecule has 16 heavy (non-hydrogen) atoms. The fourth-order valence-electron chi connectivity index (χ4n) is 1.18. The molecule has 90 valence electrons. The summed E-state index contributed by atoms with van der Waals surface area (Å²) < 4.78 is 23.3. The van der Waals surface area contributed by atoms with Gasteiger partial charge in [-0.05, 0) is 6.07 Å². The normalized spacial score (nSPS) is 10.4. The second kappa shape index (κ2) is 7.16. The molecule has 0 atom stereocenters. The zero-order valence-corrected chi connectivity index (χ0v) is 9.46. The minimum atomic E-state index is -0.368. The summed E-state index contributed by atoms with van der Waals surface area (Å²) in [5.41, 5.74) is 3.15. The monoisotopic (exact) mass is 229 g/mol. The van der Waals surface area contributed by atoms with Gasteiger partial charge in [0.25, 0.3) is 0 Å². The molecule has 0 amide bonds. The third kappa shape index (κ3) is 3.77. The van der Waals surface area contributed by atoms with E-state index in [1.807, 2.05) is 0 Å². The minimum absolute atomic E-state index is 0.233. The maximum atomic E-state index is 13.6. The van der Waals surface area contributed by atoms with Crippen LogP contribution in [0.5, 0.6) is 5.75 Å². The number of rotatable bonds is 7. The smallest absolute Gasteiger partial charge is 0.169 e. The molecule has 0 spiro atoms. The predicted octanol–water partition coefficient (Wildman–Crippen LogP) is 1.50. The van der Waals surface area contributed by atoms with Crippen LogP contribution >= 0.6 is 0 Å². The van der Waals surface area contributed by atoms with Gasteiger partial charge in [-0.3, -0.25) is 4.84 Å². The van der Waals surface area contributed by atoms with Crippen molar-refractivity contribution < 1.29 is 18.7 Å². The number of nitrogens with one attached hydrogen (secondary N) is 1. The lowest BCUT2D eigenvalue weighted by Crippen LogP contribution is -2.17. The number of halogens is 1. The zero-order valence-electron chi connectivity index (χ0n) is 9.46. The molecule has 0 aromatic heterocycles. The number of benzene rings is 1. The van der Waals surface area contributed by atoms with Gasteiger partial charge in [0, 0.05) is 19.2 Å². The van der Waals surface area contributed by atoms with E-state index in [-0.39, 0.29) is 18.1 Å². The van der Waals surface area contributed by atoms with Crippen LogP contribution in [0.3, 0.4) is 0 Å². The fraction of sp³-hybridized carbons (Fsp3) is 0.455. The van der Waals surface area contributed by atoms with E-state index in [2.05, 4.69) is 5.48 Å². The van der Waals surface area contributed by atoms with E-state index in [9.17, 15) is 4.39 Å². The van der Waals surface area contributed by atoms with Gasteiger partial charge in [-0.15, -0.1) is 0 Å². The van der Waals surface area contributed by atoms with Crippen molar-refractivity contribution in [1.82, 2.24) is 5.48 Å². The van der Waals surface area contributed by atoms with Crippen LogP contribution in [0.4, 0.5) is 4.39 Å². The van der Waals surface area contributed by atoms with Gasteiger partial charge in [-0.25, -0.2) is 4.39 Å². The summed E-state index contributed by atoms with van der Waals surface area (Å²) in [6.07, 6.45) is 0. The van der Waals surface area contributed by atoms with Crippen molar-refractivity contribution in [3.8, 4) is 5.75 Å². The molecule has 0 fully saturated rings. The van der Waals surface area contributed by atoms with Gasteiger partial charge in [0.05, 0.1) is 20.3 Å². The lowest BCUT2D eigenvalue weighted by molar-refractivity contribution is 0.00304. The topological polar surface area (TPSA) is 39.7 Å². The van der Waals surface area contributed by atoms with E-state index in [1.165, 1.54) is 7.11 Å². The van der Waals surface area contributed by atoms with E-state index in [0.29, 0.717) is 18.8 Å². The van der Waals surface area contributed by atoms with Crippen LogP contribution in [-0.4, -0.2) is 27.4 Å². The Morgan fingerprint density at radius 3 is 2.75 bits per heavy atom. The third-order valence-corrected chi connectivity index (χ3v) is 2.02. The number of methoxy groups -OCH3 is 2. The van der Waals surface area contributed by atoms with Gasteiger partial charge < -0.3 is 9.47 Å². The van der Waals surface area contributed by atoms with Crippen LogP contribution in [0.2, 0.25) is 0 Å². The molecule has 1 aromatic rings. The quantitative estimate of drug-likeness (QED) is 0.568. The Morgan fingerprint density at radius 1 is 1.25 bits per heavy atom. The van der Waals surface area contributed by atoms with Gasteiger partial charge in [0.15, 0.2) is 11.6 Å². The molecule has 0 aliphatic carbocycles. The minimum Gasteiger partial charge on any atom is -0.494 e. The van der Waals surface area contributed by atoms with Crippen molar-refractivity contribution in [1.29, 1.82) is 0 Å². The molecule has 4 nitrogen and oxygen atoms in total. The Balaban J connectivity index is 2.41. The number of hydrogen-bond acceptors (Lipinski definition) is 4. The standard InChI is InChI=1S/C11H16FNO3/c1-14-6-7-16-13-8-9-4-3-5-10(15-2)11(9)12/h3-5,13H,6-8H2,1-2H3. The number of ether oxygens (including phenoxy) is 2. The molecule has 0 saturated heterocycles. The third-order valence-electron chi connectivity index (χ3n) is 2.02. The van der Waals surface area contributed by atoms with Crippen LogP contribution < -0.4 is 10.2 Å². The first kappa shape index (κ1) is 12.9. The predicted molar refractivity (Wildman–Crippen MR) is 57.6 cm³/mol. The highest BCUT2D eigenvalue weighted by molar-refractivity contribution is 5.30. The molecule has 0 aliphatic heterocycles. The van der Waals surface area contributed by atoms with Crippen LogP contribution in [0.25, 0.3) is 0 Å². The van der Waals surface area contributed by atoms with Gasteiger partial charge >= 0.3 is 0 Å². The highest BCUT2D eigenvalue weighted by Gasteiger charge is 2.07. The second-order valence-electron chi connectivity index (χ2n) is 3.10. The second-order valence-corrected chi connectivity index (χ2v) is 3.10. The van der Waals surface area contributed by atoms with Crippen molar-refractivity contribution in [2.75, 3.05) is 27.4 Å². The van der Waals surface area contributed by atoms with E-state index < -0.39 is 0 Å². The summed E-state index contributed by atoms with van der Waals surface area (Å²) >= 11 is 0. The average Bonchev–Trinajstić information content (AvgIpc) is 2.31. The first-order chi connectivity index (χ1) is 7.79. The molecular formula is C11H16FNO3. The Kier molecular flexibility index (Phi) is 5.77. The van der Waals surface area contributed by atoms with E-state index >= 15 is 0 Å². The highest BCUT2D eigenvalue weighted by atomic mass is 19.1. The Morgan fingerprint density at radius 2 is 2.06 bits per heavy atom. The van der Waals surface area contributed by atoms with Crippen molar-refractivity contribution >= 4 is 0 Å². The Labute approximate surface area is 94.3 Å². The summed E-state index contributed by atoms with van der Waals surface area (Å²) in [6, 6.07) is 4.98. The van der Waals surface area contributed by atoms with E-state index in [1.54, 1.807) is 25.3 Å². The van der Waals surface area contributed by atoms with E-state index in [0.717, 1.165) is 0 Å². The molecule has 0 radical (unpaired) electrons. The van der Waals surface area contributed by atoms with Crippen LogP contribution in [-0.2, 0) is 16.1 Å². The molecule has 0 heterocycles. The summed E-state index contributed by atoms with van der Waals surface area (Å²) in [5, 5.41) is 0. The van der Waals surface area contributed by atoms with Gasteiger partial charge in [-0.1, -0.05) is 12.1 Å². The summed E-state index contributed by atoms with van der Waals surface area (Å²) in [6.45, 7) is 1.20. The SMILES string of the molecule is COCCONCc1cccc(OC)c1F. The molecule has 1 aromatic carbocycles. The lowest BCUT2D eigenvalue weighted by atomic mass is 10.2. The highest BCUT2D eigenvalue weighted by Crippen LogP contribution is 2.19. The first-order valence-electron chi connectivity index (χ1n) is 4.94. The average molecular weight is 229 g/mol.